The first-order valence-corrected chi connectivity index (χ1v) is 7.91. The van der Waals surface area contributed by atoms with Crippen LogP contribution in [0.2, 0.25) is 0 Å². The molecule has 102 valence electrons. The molecule has 0 radical (unpaired) electrons. The van der Waals surface area contributed by atoms with Crippen LogP contribution in [0.4, 0.5) is 5.69 Å². The Bertz CT molecular complexity index is 590. The zero-order valence-corrected chi connectivity index (χ0v) is 11.8. The molecule has 0 saturated carbocycles. The monoisotopic (exact) mass is 279 g/mol. The second-order valence-electron chi connectivity index (χ2n) is 4.92. The minimum atomic E-state index is -3.18. The molecule has 0 N–H and O–H groups in total. The van der Waals surface area contributed by atoms with Crippen molar-refractivity contribution in [2.45, 2.75) is 19.9 Å². The molecule has 0 fully saturated rings. The van der Waals surface area contributed by atoms with Crippen LogP contribution in [0.25, 0.3) is 0 Å². The Morgan fingerprint density at radius 3 is 2.37 bits per heavy atom. The zero-order chi connectivity index (χ0) is 14.0. The Labute approximate surface area is 113 Å². The zero-order valence-electron chi connectivity index (χ0n) is 11.0. The fourth-order valence-electron chi connectivity index (χ4n) is 2.07. The highest BCUT2D eigenvalue weighted by molar-refractivity contribution is 7.94. The van der Waals surface area contributed by atoms with Crippen LogP contribution < -0.4 is 4.90 Å². The smallest absolute Gasteiger partial charge is 0.230 e. The molecule has 5 heteroatoms. The van der Waals surface area contributed by atoms with E-state index in [0.29, 0.717) is 0 Å². The Kier molecular flexibility index (Phi) is 3.75. The largest absolute Gasteiger partial charge is 0.304 e. The van der Waals surface area contributed by atoms with Gasteiger partial charge in [-0.2, -0.15) is 0 Å². The fraction of sp³-hybridized carbons (Fsp3) is 0.357. The Morgan fingerprint density at radius 2 is 1.89 bits per heavy atom. The Balaban J connectivity index is 2.37. The summed E-state index contributed by atoms with van der Waals surface area (Å²) >= 11 is 0. The van der Waals surface area contributed by atoms with Crippen LogP contribution in [0.1, 0.15) is 13.8 Å². The van der Waals surface area contributed by atoms with Gasteiger partial charge in [0, 0.05) is 17.0 Å². The van der Waals surface area contributed by atoms with Gasteiger partial charge in [-0.3, -0.25) is 4.79 Å². The van der Waals surface area contributed by atoms with Gasteiger partial charge in [-0.25, -0.2) is 8.42 Å². The second kappa shape index (κ2) is 5.17. The molecule has 1 aromatic rings. The molecule has 1 unspecified atom stereocenters. The lowest BCUT2D eigenvalue weighted by Gasteiger charge is -2.29. The summed E-state index contributed by atoms with van der Waals surface area (Å²) in [6, 6.07) is 8.76. The van der Waals surface area contributed by atoms with E-state index in [2.05, 4.69) is 0 Å². The van der Waals surface area contributed by atoms with Crippen molar-refractivity contribution in [3.8, 4) is 0 Å². The molecular weight excluding hydrogens is 262 g/mol. The summed E-state index contributed by atoms with van der Waals surface area (Å²) in [6.45, 7) is 3.62. The van der Waals surface area contributed by atoms with E-state index in [0.717, 1.165) is 5.69 Å². The standard InChI is InChI=1S/C14H17NO3S/c1-11(2)14(16)15(12-6-4-3-5-7-12)13-8-9-19(17,18)10-13/h3-9,11,13H,10H2,1-2H3. The van der Waals surface area contributed by atoms with E-state index in [-0.39, 0.29) is 17.6 Å². The molecule has 0 bridgehead atoms. The van der Waals surface area contributed by atoms with Gasteiger partial charge in [0.2, 0.25) is 5.91 Å². The molecule has 0 saturated heterocycles. The predicted molar refractivity (Wildman–Crippen MR) is 75.5 cm³/mol. The van der Waals surface area contributed by atoms with Crippen LogP contribution in [0.3, 0.4) is 0 Å². The Hall–Kier alpha value is -1.62. The van der Waals surface area contributed by atoms with Gasteiger partial charge in [0.1, 0.15) is 0 Å². The molecule has 1 amide bonds. The second-order valence-corrected chi connectivity index (χ2v) is 6.86. The van der Waals surface area contributed by atoms with Crippen LogP contribution >= 0.6 is 0 Å². The van der Waals surface area contributed by atoms with Gasteiger partial charge in [0.15, 0.2) is 9.84 Å². The summed E-state index contributed by atoms with van der Waals surface area (Å²) in [5.41, 5.74) is 0.730. The van der Waals surface area contributed by atoms with Crippen LogP contribution in [0.15, 0.2) is 41.8 Å². The van der Waals surface area contributed by atoms with E-state index in [9.17, 15) is 13.2 Å². The first-order valence-electron chi connectivity index (χ1n) is 6.20. The average Bonchev–Trinajstić information content (AvgIpc) is 2.71. The minimum Gasteiger partial charge on any atom is -0.304 e. The summed E-state index contributed by atoms with van der Waals surface area (Å²) in [7, 11) is -3.18. The minimum absolute atomic E-state index is 0.0413. The van der Waals surface area contributed by atoms with E-state index in [4.69, 9.17) is 0 Å². The first-order chi connectivity index (χ1) is 8.91. The molecule has 0 aromatic heterocycles. The third kappa shape index (κ3) is 3.04. The van der Waals surface area contributed by atoms with Crippen LogP contribution in [-0.2, 0) is 14.6 Å². The number of benzene rings is 1. The van der Waals surface area contributed by atoms with E-state index in [1.807, 2.05) is 44.2 Å². The maximum atomic E-state index is 12.3. The summed E-state index contributed by atoms with van der Waals surface area (Å²) in [5, 5.41) is 1.20. The molecule has 1 atom stereocenters. The van der Waals surface area contributed by atoms with Gasteiger partial charge in [0.25, 0.3) is 0 Å². The van der Waals surface area contributed by atoms with Crippen molar-refractivity contribution in [3.63, 3.8) is 0 Å². The predicted octanol–water partition coefficient (Wildman–Crippen LogP) is 1.99. The molecule has 19 heavy (non-hydrogen) atoms. The average molecular weight is 279 g/mol. The maximum Gasteiger partial charge on any atom is 0.230 e. The third-order valence-electron chi connectivity index (χ3n) is 3.01. The lowest BCUT2D eigenvalue weighted by molar-refractivity contribution is -0.121. The highest BCUT2D eigenvalue weighted by Crippen LogP contribution is 2.24. The van der Waals surface area contributed by atoms with Crippen molar-refractivity contribution in [1.29, 1.82) is 0 Å². The molecular formula is C14H17NO3S. The highest BCUT2D eigenvalue weighted by Gasteiger charge is 2.32. The lowest BCUT2D eigenvalue weighted by Crippen LogP contribution is -2.43. The summed E-state index contributed by atoms with van der Waals surface area (Å²) in [4.78, 5) is 13.9. The molecule has 1 aliphatic rings. The van der Waals surface area contributed by atoms with Crippen molar-refractivity contribution in [2.24, 2.45) is 5.92 Å². The van der Waals surface area contributed by atoms with Crippen LogP contribution in [0.5, 0.6) is 0 Å². The van der Waals surface area contributed by atoms with Crippen molar-refractivity contribution >= 4 is 21.4 Å². The molecule has 1 aromatic carbocycles. The van der Waals surface area contributed by atoms with E-state index < -0.39 is 15.9 Å². The molecule has 4 nitrogen and oxygen atoms in total. The lowest BCUT2D eigenvalue weighted by atomic mass is 10.1. The fourth-order valence-corrected chi connectivity index (χ4v) is 3.34. The summed E-state index contributed by atoms with van der Waals surface area (Å²) < 4.78 is 23.1. The number of carbonyl (C=O) groups excluding carboxylic acids is 1. The third-order valence-corrected chi connectivity index (χ3v) is 4.39. The number of carbonyl (C=O) groups is 1. The van der Waals surface area contributed by atoms with E-state index in [1.54, 1.807) is 11.0 Å². The molecule has 1 aliphatic heterocycles. The van der Waals surface area contributed by atoms with Gasteiger partial charge >= 0.3 is 0 Å². The van der Waals surface area contributed by atoms with Crippen LogP contribution in [-0.4, -0.2) is 26.1 Å². The number of para-hydroxylation sites is 1. The van der Waals surface area contributed by atoms with Crippen molar-refractivity contribution in [1.82, 2.24) is 0 Å². The molecule has 2 rings (SSSR count). The number of anilines is 1. The van der Waals surface area contributed by atoms with Gasteiger partial charge in [-0.05, 0) is 18.2 Å². The number of rotatable bonds is 3. The number of sulfone groups is 1. The van der Waals surface area contributed by atoms with E-state index >= 15 is 0 Å². The van der Waals surface area contributed by atoms with Gasteiger partial charge in [-0.1, -0.05) is 32.0 Å². The number of hydrogen-bond acceptors (Lipinski definition) is 3. The van der Waals surface area contributed by atoms with Crippen molar-refractivity contribution in [3.05, 3.63) is 41.8 Å². The number of nitrogens with zero attached hydrogens (tertiary/aromatic N) is 1. The number of hydrogen-bond donors (Lipinski definition) is 0. The quantitative estimate of drug-likeness (QED) is 0.850. The normalized spacial score (nSPS) is 20.7. The first kappa shape index (κ1) is 13.8. The topological polar surface area (TPSA) is 54.5 Å². The van der Waals surface area contributed by atoms with Crippen molar-refractivity contribution < 1.29 is 13.2 Å². The molecule has 1 heterocycles. The van der Waals surface area contributed by atoms with Gasteiger partial charge in [-0.15, -0.1) is 0 Å². The SMILES string of the molecule is CC(C)C(=O)N(c1ccccc1)C1C=CS(=O)(=O)C1. The van der Waals surface area contributed by atoms with Gasteiger partial charge < -0.3 is 4.90 Å². The van der Waals surface area contributed by atoms with E-state index in [1.165, 1.54) is 5.41 Å². The number of amides is 1. The summed E-state index contributed by atoms with van der Waals surface area (Å²) in [5.74, 6) is -0.296. The molecule has 0 aliphatic carbocycles. The highest BCUT2D eigenvalue weighted by atomic mass is 32.2. The Morgan fingerprint density at radius 1 is 1.26 bits per heavy atom. The van der Waals surface area contributed by atoms with Crippen LogP contribution in [0, 0.1) is 5.92 Å². The molecule has 0 spiro atoms. The van der Waals surface area contributed by atoms with Crippen molar-refractivity contribution in [2.75, 3.05) is 10.7 Å². The maximum absolute atomic E-state index is 12.3. The van der Waals surface area contributed by atoms with Gasteiger partial charge in [0.05, 0.1) is 11.8 Å². The summed E-state index contributed by atoms with van der Waals surface area (Å²) in [6.07, 6.45) is 1.59.